The van der Waals surface area contributed by atoms with Crippen LogP contribution in [0.5, 0.6) is 11.5 Å². The van der Waals surface area contributed by atoms with E-state index in [1.165, 1.54) is 12.1 Å². The van der Waals surface area contributed by atoms with Crippen molar-refractivity contribution in [1.29, 1.82) is 0 Å². The van der Waals surface area contributed by atoms with E-state index >= 15 is 0 Å². The second kappa shape index (κ2) is 9.31. The Morgan fingerprint density at radius 3 is 1.88 bits per heavy atom. The number of carbonyl (C=O) groups is 2. The number of nitro groups is 1. The number of carbonyl (C=O) groups excluding carboxylic acids is 2. The molecule has 0 bridgehead atoms. The van der Waals surface area contributed by atoms with Gasteiger partial charge in [0.2, 0.25) is 5.75 Å². The Labute approximate surface area is 229 Å². The van der Waals surface area contributed by atoms with E-state index in [0.717, 1.165) is 23.5 Å². The summed E-state index contributed by atoms with van der Waals surface area (Å²) in [5, 5.41) is 14.9. The fourth-order valence-corrected chi connectivity index (χ4v) is 6.00. The van der Waals surface area contributed by atoms with Gasteiger partial charge in [-0.05, 0) is 53.5 Å². The lowest BCUT2D eigenvalue weighted by atomic mass is 9.64. The van der Waals surface area contributed by atoms with Gasteiger partial charge >= 0.3 is 11.9 Å². The Morgan fingerprint density at radius 1 is 0.875 bits per heavy atom. The Hall–Kier alpha value is -3.95. The number of nitrogens with zero attached hydrogens (tertiary/aromatic N) is 1. The van der Waals surface area contributed by atoms with Gasteiger partial charge in [0.25, 0.3) is 0 Å². The molecule has 0 aromatic heterocycles. The van der Waals surface area contributed by atoms with Crippen molar-refractivity contribution in [2.45, 2.75) is 65.5 Å². The number of alkyl halides is 3. The van der Waals surface area contributed by atoms with E-state index in [0.29, 0.717) is 48.5 Å². The number of allylic oxidation sites excluding steroid dienone is 4. The van der Waals surface area contributed by atoms with Crippen LogP contribution in [0.15, 0.2) is 65.0 Å². The van der Waals surface area contributed by atoms with E-state index in [-0.39, 0.29) is 33.9 Å². The molecule has 2 aromatic carbocycles. The third-order valence-electron chi connectivity index (χ3n) is 7.64. The lowest BCUT2D eigenvalue weighted by Gasteiger charge is -2.44. The smallest absolute Gasteiger partial charge is 0.416 e. The Kier molecular flexibility index (Phi) is 6.43. The third kappa shape index (κ3) is 5.14. The summed E-state index contributed by atoms with van der Waals surface area (Å²) in [6.07, 6.45) is -2.71. The first kappa shape index (κ1) is 27.6. The molecule has 3 aliphatic rings. The summed E-state index contributed by atoms with van der Waals surface area (Å²) in [6.45, 7) is 8.16. The van der Waals surface area contributed by atoms with Gasteiger partial charge in [-0.25, -0.2) is 0 Å². The van der Waals surface area contributed by atoms with Gasteiger partial charge in [0.05, 0.1) is 10.5 Å². The highest BCUT2D eigenvalue weighted by molar-refractivity contribution is 6.06. The minimum atomic E-state index is -4.74. The van der Waals surface area contributed by atoms with Gasteiger partial charge in [-0.2, -0.15) is 13.2 Å². The van der Waals surface area contributed by atoms with Crippen LogP contribution in [0.3, 0.4) is 0 Å². The molecule has 10 heteroatoms. The molecule has 0 saturated carbocycles. The zero-order valence-corrected chi connectivity index (χ0v) is 22.6. The number of hydrogen-bond acceptors (Lipinski definition) is 6. The van der Waals surface area contributed by atoms with E-state index in [9.17, 15) is 32.9 Å². The van der Waals surface area contributed by atoms with Crippen LogP contribution in [0.2, 0.25) is 0 Å². The zero-order valence-electron chi connectivity index (χ0n) is 22.6. The Balaban J connectivity index is 1.53. The van der Waals surface area contributed by atoms with Crippen LogP contribution in [-0.4, -0.2) is 16.5 Å². The molecule has 0 radical (unpaired) electrons. The van der Waals surface area contributed by atoms with Crippen LogP contribution < -0.4 is 10.1 Å². The molecule has 0 spiro atoms. The number of hydrogen-bond donors (Lipinski definition) is 1. The molecule has 5 rings (SSSR count). The van der Waals surface area contributed by atoms with Crippen LogP contribution >= 0.6 is 0 Å². The molecule has 1 N–H and O–H groups in total. The molecular formula is C30H29F3N2O5. The van der Waals surface area contributed by atoms with E-state index < -0.39 is 28.3 Å². The van der Waals surface area contributed by atoms with Crippen LogP contribution in [0.4, 0.5) is 18.9 Å². The third-order valence-corrected chi connectivity index (χ3v) is 7.64. The van der Waals surface area contributed by atoms with Crippen LogP contribution in [0, 0.1) is 20.9 Å². The number of dihydropyridines is 1. The van der Waals surface area contributed by atoms with Gasteiger partial charge in [-0.15, -0.1) is 0 Å². The van der Waals surface area contributed by atoms with Gasteiger partial charge in [0, 0.05) is 47.4 Å². The summed E-state index contributed by atoms with van der Waals surface area (Å²) in [5.41, 5.74) is 1.09. The minimum absolute atomic E-state index is 0.0198. The number of ether oxygens (including phenoxy) is 1. The van der Waals surface area contributed by atoms with Crippen molar-refractivity contribution >= 4 is 17.3 Å². The highest BCUT2D eigenvalue weighted by Gasteiger charge is 2.46. The summed E-state index contributed by atoms with van der Waals surface area (Å²) in [6, 6.07) is 8.53. The average molecular weight is 555 g/mol. The van der Waals surface area contributed by atoms with Gasteiger partial charge in [0.15, 0.2) is 11.6 Å². The molecule has 2 aliphatic carbocycles. The highest BCUT2D eigenvalue weighted by atomic mass is 19.4. The van der Waals surface area contributed by atoms with Crippen molar-refractivity contribution in [1.82, 2.24) is 5.32 Å². The predicted molar refractivity (Wildman–Crippen MR) is 141 cm³/mol. The van der Waals surface area contributed by atoms with E-state index in [4.69, 9.17) is 4.74 Å². The Bertz CT molecular complexity index is 1450. The predicted octanol–water partition coefficient (Wildman–Crippen LogP) is 7.38. The van der Waals surface area contributed by atoms with Crippen molar-refractivity contribution in [3.63, 3.8) is 0 Å². The fraction of sp³-hybridized carbons (Fsp3) is 0.400. The van der Waals surface area contributed by atoms with Crippen molar-refractivity contribution < 1.29 is 32.4 Å². The molecule has 2 aromatic rings. The number of rotatable bonds is 4. The zero-order chi connectivity index (χ0) is 29.2. The molecule has 1 aliphatic heterocycles. The fourth-order valence-electron chi connectivity index (χ4n) is 6.00. The molecule has 0 unspecified atom stereocenters. The number of nitrogens with one attached hydrogen (secondary N) is 1. The van der Waals surface area contributed by atoms with Crippen LogP contribution in [0.25, 0.3) is 0 Å². The van der Waals surface area contributed by atoms with E-state index in [1.54, 1.807) is 12.1 Å². The van der Waals surface area contributed by atoms with Gasteiger partial charge in [-0.1, -0.05) is 39.8 Å². The number of benzene rings is 2. The standard InChI is InChI=1S/C30H29F3N2O5/c1-28(2)12-19-26(22(36)14-28)25(27-20(34-19)13-29(3,4)15-23(27)37)16-5-8-18(9-6-16)40-24-10-7-17(30(31,32)33)11-21(24)35(38)39/h5-11,25,34H,12-15H2,1-4H3. The van der Waals surface area contributed by atoms with Crippen molar-refractivity contribution in [2.75, 3.05) is 0 Å². The van der Waals surface area contributed by atoms with E-state index in [1.807, 2.05) is 27.7 Å². The molecular weight excluding hydrogens is 525 g/mol. The lowest BCUT2D eigenvalue weighted by molar-refractivity contribution is -0.385. The topological polar surface area (TPSA) is 98.5 Å². The Morgan fingerprint density at radius 2 is 1.40 bits per heavy atom. The lowest BCUT2D eigenvalue weighted by Crippen LogP contribution is -2.42. The van der Waals surface area contributed by atoms with Gasteiger partial charge in [-0.3, -0.25) is 19.7 Å². The minimum Gasteiger partial charge on any atom is -0.450 e. The van der Waals surface area contributed by atoms with Gasteiger partial charge in [0.1, 0.15) is 5.75 Å². The largest absolute Gasteiger partial charge is 0.450 e. The van der Waals surface area contributed by atoms with Crippen molar-refractivity contribution in [2.24, 2.45) is 10.8 Å². The van der Waals surface area contributed by atoms with Crippen LogP contribution in [0.1, 0.15) is 70.4 Å². The molecule has 0 fully saturated rings. The average Bonchev–Trinajstić information content (AvgIpc) is 2.81. The molecule has 0 atom stereocenters. The maximum Gasteiger partial charge on any atom is 0.416 e. The summed E-state index contributed by atoms with van der Waals surface area (Å²) in [4.78, 5) is 37.4. The second-order valence-electron chi connectivity index (χ2n) is 12.3. The molecule has 210 valence electrons. The molecule has 1 heterocycles. The first-order chi connectivity index (χ1) is 18.5. The normalized spacial score (nSPS) is 20.6. The summed E-state index contributed by atoms with van der Waals surface area (Å²) in [7, 11) is 0. The number of Topliss-reactive ketones (excluding diaryl/α,β-unsaturated/α-hetero) is 2. The SMILES string of the molecule is CC1(C)CC(=O)C2=C(C1)NC1=C(C(=O)CC(C)(C)C1)C2c1ccc(Oc2ccc(C(F)(F)F)cc2[N+](=O)[O-])cc1. The first-order valence-corrected chi connectivity index (χ1v) is 13.0. The summed E-state index contributed by atoms with van der Waals surface area (Å²) >= 11 is 0. The molecule has 40 heavy (non-hydrogen) atoms. The quantitative estimate of drug-likeness (QED) is 0.313. The highest BCUT2D eigenvalue weighted by Crippen LogP contribution is 2.51. The second-order valence-corrected chi connectivity index (χ2v) is 12.3. The van der Waals surface area contributed by atoms with E-state index in [2.05, 4.69) is 5.32 Å². The first-order valence-electron chi connectivity index (χ1n) is 13.0. The number of ketones is 2. The van der Waals surface area contributed by atoms with Gasteiger partial charge < -0.3 is 10.1 Å². The molecule has 7 nitrogen and oxygen atoms in total. The maximum absolute atomic E-state index is 13.4. The summed E-state index contributed by atoms with van der Waals surface area (Å²) < 4.78 is 44.8. The maximum atomic E-state index is 13.4. The summed E-state index contributed by atoms with van der Waals surface area (Å²) in [5.74, 6) is -0.775. The van der Waals surface area contributed by atoms with Crippen molar-refractivity contribution in [3.8, 4) is 11.5 Å². The number of halogens is 3. The van der Waals surface area contributed by atoms with Crippen molar-refractivity contribution in [3.05, 3.63) is 86.2 Å². The molecule has 0 amide bonds. The monoisotopic (exact) mass is 554 g/mol. The molecule has 0 saturated heterocycles. The number of nitro benzene ring substituents is 1. The van der Waals surface area contributed by atoms with Crippen LogP contribution in [-0.2, 0) is 15.8 Å².